The van der Waals surface area contributed by atoms with Crippen LogP contribution in [-0.4, -0.2) is 21.7 Å². The first-order valence-corrected chi connectivity index (χ1v) is 5.64. The molecule has 0 aliphatic carbocycles. The topological polar surface area (TPSA) is 74.9 Å². The number of nitrogens with two attached hydrogens (primary N) is 1. The Balaban J connectivity index is 2.02. The molecule has 16 heavy (non-hydrogen) atoms. The molecule has 0 atom stereocenters. The minimum atomic E-state index is 0.274. The molecule has 0 fully saturated rings. The third kappa shape index (κ3) is 2.52. The number of nitrogen functional groups attached to an aromatic ring is 1. The molecule has 2 rings (SSSR count). The van der Waals surface area contributed by atoms with E-state index in [1.807, 2.05) is 18.2 Å². The van der Waals surface area contributed by atoms with Crippen molar-refractivity contribution in [2.45, 2.75) is 25.7 Å². The van der Waals surface area contributed by atoms with Gasteiger partial charge in [0.05, 0.1) is 11.0 Å². The van der Waals surface area contributed by atoms with E-state index in [0.717, 1.165) is 48.2 Å². The van der Waals surface area contributed by atoms with E-state index in [-0.39, 0.29) is 6.61 Å². The molecule has 86 valence electrons. The number of rotatable bonds is 5. The molecule has 1 heterocycles. The van der Waals surface area contributed by atoms with Crippen LogP contribution in [0.15, 0.2) is 18.2 Å². The molecule has 2 aromatic rings. The van der Waals surface area contributed by atoms with Crippen LogP contribution in [-0.2, 0) is 6.42 Å². The van der Waals surface area contributed by atoms with E-state index in [1.165, 1.54) is 0 Å². The van der Waals surface area contributed by atoms with E-state index in [2.05, 4.69) is 9.97 Å². The number of anilines is 1. The number of aliphatic hydroxyl groups is 1. The maximum atomic E-state index is 8.67. The fourth-order valence-electron chi connectivity index (χ4n) is 1.78. The largest absolute Gasteiger partial charge is 0.399 e. The number of aromatic nitrogens is 2. The van der Waals surface area contributed by atoms with Crippen LogP contribution in [0, 0.1) is 0 Å². The van der Waals surface area contributed by atoms with E-state index in [0.29, 0.717) is 0 Å². The summed E-state index contributed by atoms with van der Waals surface area (Å²) in [6.07, 6.45) is 3.88. The maximum absolute atomic E-state index is 8.67. The van der Waals surface area contributed by atoms with Gasteiger partial charge in [0.15, 0.2) is 0 Å². The number of hydrogen-bond donors (Lipinski definition) is 3. The Morgan fingerprint density at radius 1 is 1.25 bits per heavy atom. The van der Waals surface area contributed by atoms with Crippen molar-refractivity contribution in [2.75, 3.05) is 12.3 Å². The van der Waals surface area contributed by atoms with Crippen molar-refractivity contribution in [3.05, 3.63) is 24.0 Å². The summed E-state index contributed by atoms with van der Waals surface area (Å²) in [6.45, 7) is 0.274. The minimum Gasteiger partial charge on any atom is -0.399 e. The SMILES string of the molecule is Nc1ccc2nc(CCCCCO)[nH]c2c1. The van der Waals surface area contributed by atoms with Crippen molar-refractivity contribution < 1.29 is 5.11 Å². The van der Waals surface area contributed by atoms with Gasteiger partial charge in [0, 0.05) is 18.7 Å². The second-order valence-electron chi connectivity index (χ2n) is 3.99. The highest BCUT2D eigenvalue weighted by molar-refractivity contribution is 5.78. The predicted molar refractivity (Wildman–Crippen MR) is 65.1 cm³/mol. The maximum Gasteiger partial charge on any atom is 0.107 e. The summed E-state index contributed by atoms with van der Waals surface area (Å²) in [5.74, 6) is 0.999. The molecular formula is C12H17N3O. The number of unbranched alkanes of at least 4 members (excludes halogenated alkanes) is 2. The van der Waals surface area contributed by atoms with Crippen LogP contribution >= 0.6 is 0 Å². The van der Waals surface area contributed by atoms with E-state index >= 15 is 0 Å². The molecule has 0 bridgehead atoms. The Morgan fingerprint density at radius 3 is 2.94 bits per heavy atom. The fourth-order valence-corrected chi connectivity index (χ4v) is 1.78. The molecule has 4 N–H and O–H groups in total. The van der Waals surface area contributed by atoms with Crippen molar-refractivity contribution in [1.82, 2.24) is 9.97 Å². The first-order chi connectivity index (χ1) is 7.79. The smallest absolute Gasteiger partial charge is 0.107 e. The standard InChI is InChI=1S/C12H17N3O/c13-9-5-6-10-11(8-9)15-12(14-10)4-2-1-3-7-16/h5-6,8,16H,1-4,7,13H2,(H,14,15). The van der Waals surface area contributed by atoms with Crippen LogP contribution in [0.1, 0.15) is 25.1 Å². The molecule has 1 aromatic heterocycles. The second kappa shape index (κ2) is 4.99. The summed E-state index contributed by atoms with van der Waals surface area (Å²) in [5, 5.41) is 8.67. The van der Waals surface area contributed by atoms with Crippen LogP contribution < -0.4 is 5.73 Å². The second-order valence-corrected chi connectivity index (χ2v) is 3.99. The van der Waals surface area contributed by atoms with E-state index < -0.39 is 0 Å². The van der Waals surface area contributed by atoms with Gasteiger partial charge in [-0.3, -0.25) is 0 Å². The third-order valence-electron chi connectivity index (χ3n) is 2.63. The van der Waals surface area contributed by atoms with Crippen LogP contribution in [0.25, 0.3) is 11.0 Å². The van der Waals surface area contributed by atoms with Crippen LogP contribution in [0.2, 0.25) is 0 Å². The zero-order chi connectivity index (χ0) is 11.4. The number of aliphatic hydroxyl groups excluding tert-OH is 1. The highest BCUT2D eigenvalue weighted by Gasteiger charge is 2.02. The van der Waals surface area contributed by atoms with E-state index in [4.69, 9.17) is 10.8 Å². The van der Waals surface area contributed by atoms with Gasteiger partial charge in [-0.25, -0.2) is 4.98 Å². The number of imidazole rings is 1. The van der Waals surface area contributed by atoms with Gasteiger partial charge in [-0.2, -0.15) is 0 Å². The molecule has 4 heteroatoms. The zero-order valence-corrected chi connectivity index (χ0v) is 9.24. The lowest BCUT2D eigenvalue weighted by molar-refractivity contribution is 0.283. The van der Waals surface area contributed by atoms with Crippen molar-refractivity contribution in [2.24, 2.45) is 0 Å². The molecule has 0 saturated heterocycles. The molecule has 0 aliphatic heterocycles. The summed E-state index contributed by atoms with van der Waals surface area (Å²) < 4.78 is 0. The summed E-state index contributed by atoms with van der Waals surface area (Å²) in [7, 11) is 0. The third-order valence-corrected chi connectivity index (χ3v) is 2.63. The van der Waals surface area contributed by atoms with Gasteiger partial charge in [-0.1, -0.05) is 6.42 Å². The van der Waals surface area contributed by atoms with Gasteiger partial charge in [-0.15, -0.1) is 0 Å². The zero-order valence-electron chi connectivity index (χ0n) is 9.24. The van der Waals surface area contributed by atoms with Crippen molar-refractivity contribution in [3.63, 3.8) is 0 Å². The number of nitrogens with one attached hydrogen (secondary N) is 1. The first kappa shape index (κ1) is 11.0. The summed E-state index contributed by atoms with van der Waals surface area (Å²) >= 11 is 0. The van der Waals surface area contributed by atoms with Crippen LogP contribution in [0.5, 0.6) is 0 Å². The van der Waals surface area contributed by atoms with Gasteiger partial charge in [0.2, 0.25) is 0 Å². The van der Waals surface area contributed by atoms with E-state index in [9.17, 15) is 0 Å². The monoisotopic (exact) mass is 219 g/mol. The highest BCUT2D eigenvalue weighted by atomic mass is 16.2. The molecular weight excluding hydrogens is 202 g/mol. The molecule has 0 amide bonds. The van der Waals surface area contributed by atoms with Gasteiger partial charge < -0.3 is 15.8 Å². The average molecular weight is 219 g/mol. The van der Waals surface area contributed by atoms with Crippen molar-refractivity contribution in [3.8, 4) is 0 Å². The number of hydrogen-bond acceptors (Lipinski definition) is 3. The molecule has 1 aromatic carbocycles. The summed E-state index contributed by atoms with van der Waals surface area (Å²) in [4.78, 5) is 7.74. The van der Waals surface area contributed by atoms with Crippen molar-refractivity contribution >= 4 is 16.7 Å². The Kier molecular flexibility index (Phi) is 3.41. The summed E-state index contributed by atoms with van der Waals surface area (Å²) in [5.41, 5.74) is 8.41. The number of fused-ring (bicyclic) bond motifs is 1. The number of aryl methyl sites for hydroxylation is 1. The Bertz CT molecular complexity index is 464. The Morgan fingerprint density at radius 2 is 2.12 bits per heavy atom. The summed E-state index contributed by atoms with van der Waals surface area (Å²) in [6, 6.07) is 5.69. The highest BCUT2D eigenvalue weighted by Crippen LogP contribution is 2.15. The lowest BCUT2D eigenvalue weighted by Crippen LogP contribution is -1.89. The number of nitrogens with zero attached hydrogens (tertiary/aromatic N) is 1. The fraction of sp³-hybridized carbons (Fsp3) is 0.417. The van der Waals surface area contributed by atoms with Crippen LogP contribution in [0.4, 0.5) is 5.69 Å². The normalized spacial score (nSPS) is 11.1. The van der Waals surface area contributed by atoms with Gasteiger partial charge in [0.25, 0.3) is 0 Å². The molecule has 0 radical (unpaired) electrons. The van der Waals surface area contributed by atoms with Crippen molar-refractivity contribution in [1.29, 1.82) is 0 Å². The quantitative estimate of drug-likeness (QED) is 0.530. The molecule has 4 nitrogen and oxygen atoms in total. The molecule has 0 unspecified atom stereocenters. The minimum absolute atomic E-state index is 0.274. The van der Waals surface area contributed by atoms with Gasteiger partial charge >= 0.3 is 0 Å². The Labute approximate surface area is 94.5 Å². The van der Waals surface area contributed by atoms with E-state index in [1.54, 1.807) is 0 Å². The average Bonchev–Trinajstić information content (AvgIpc) is 2.66. The van der Waals surface area contributed by atoms with Gasteiger partial charge in [0.1, 0.15) is 5.82 Å². The van der Waals surface area contributed by atoms with Crippen LogP contribution in [0.3, 0.4) is 0 Å². The molecule has 0 aliphatic rings. The Hall–Kier alpha value is -1.55. The predicted octanol–water partition coefficient (Wildman–Crippen LogP) is 1.85. The number of benzene rings is 1. The lowest BCUT2D eigenvalue weighted by atomic mass is 10.2. The number of aromatic amines is 1. The lowest BCUT2D eigenvalue weighted by Gasteiger charge is -1.95. The van der Waals surface area contributed by atoms with Gasteiger partial charge in [-0.05, 0) is 31.0 Å². The number of H-pyrrole nitrogens is 1. The molecule has 0 spiro atoms. The molecule has 0 saturated carbocycles. The first-order valence-electron chi connectivity index (χ1n) is 5.64.